The van der Waals surface area contributed by atoms with Gasteiger partial charge in [0.25, 0.3) is 0 Å². The highest BCUT2D eigenvalue weighted by molar-refractivity contribution is 5.65. The van der Waals surface area contributed by atoms with E-state index in [1.165, 1.54) is 11.1 Å². The van der Waals surface area contributed by atoms with Gasteiger partial charge in [-0.05, 0) is 31.5 Å². The van der Waals surface area contributed by atoms with Gasteiger partial charge in [-0.25, -0.2) is 4.98 Å². The molecule has 0 unspecified atom stereocenters. The minimum atomic E-state index is 0.498. The molecule has 0 aliphatic heterocycles. The summed E-state index contributed by atoms with van der Waals surface area (Å²) in [4.78, 5) is 6.53. The molecule has 2 rings (SSSR count). The van der Waals surface area contributed by atoms with Crippen LogP contribution in [0.4, 0.5) is 11.5 Å². The lowest BCUT2D eigenvalue weighted by molar-refractivity contribution is 1.01. The maximum absolute atomic E-state index is 5.76. The third-order valence-electron chi connectivity index (χ3n) is 3.12. The normalized spacial score (nSPS) is 10.4. The van der Waals surface area contributed by atoms with Crippen LogP contribution < -0.4 is 10.6 Å². The van der Waals surface area contributed by atoms with Crippen LogP contribution in [0.25, 0.3) is 0 Å². The van der Waals surface area contributed by atoms with Crippen LogP contribution in [0.2, 0.25) is 0 Å². The fourth-order valence-corrected chi connectivity index (χ4v) is 2.19. The second-order valence-corrected chi connectivity index (χ2v) is 4.54. The summed E-state index contributed by atoms with van der Waals surface area (Å²) >= 11 is 0. The average Bonchev–Trinajstić information content (AvgIpc) is 2.38. The molecule has 0 spiro atoms. The van der Waals surface area contributed by atoms with E-state index in [2.05, 4.69) is 41.9 Å². The van der Waals surface area contributed by atoms with Crippen molar-refractivity contribution in [3.05, 3.63) is 53.2 Å². The average molecular weight is 241 g/mol. The molecule has 3 heteroatoms. The topological polar surface area (TPSA) is 42.2 Å². The van der Waals surface area contributed by atoms with Gasteiger partial charge in [0.1, 0.15) is 5.82 Å². The van der Waals surface area contributed by atoms with Gasteiger partial charge in [-0.2, -0.15) is 0 Å². The van der Waals surface area contributed by atoms with E-state index in [4.69, 9.17) is 5.73 Å². The maximum Gasteiger partial charge on any atom is 0.137 e. The van der Waals surface area contributed by atoms with E-state index in [-0.39, 0.29) is 0 Å². The van der Waals surface area contributed by atoms with Crippen molar-refractivity contribution >= 4 is 11.5 Å². The third kappa shape index (κ3) is 2.36. The lowest BCUT2D eigenvalue weighted by atomic mass is 10.1. The van der Waals surface area contributed by atoms with Crippen molar-refractivity contribution in [2.45, 2.75) is 20.4 Å². The summed E-state index contributed by atoms with van der Waals surface area (Å²) in [6.45, 7) is 4.71. The van der Waals surface area contributed by atoms with E-state index in [0.29, 0.717) is 6.54 Å². The first-order valence-corrected chi connectivity index (χ1v) is 6.08. The lowest BCUT2D eigenvalue weighted by Crippen LogP contribution is -2.16. The van der Waals surface area contributed by atoms with Gasteiger partial charge in [-0.1, -0.05) is 23.8 Å². The molecule has 2 N–H and O–H groups in total. The molecule has 0 aliphatic rings. The van der Waals surface area contributed by atoms with Crippen molar-refractivity contribution in [3.8, 4) is 0 Å². The molecule has 2 aromatic rings. The summed E-state index contributed by atoms with van der Waals surface area (Å²) in [6, 6.07) is 10.4. The SMILES string of the molecule is Cc1ccc(N(C)c2ncccc2CN)c(C)c1. The van der Waals surface area contributed by atoms with E-state index >= 15 is 0 Å². The Morgan fingerprint density at radius 2 is 2.00 bits per heavy atom. The number of benzene rings is 1. The fourth-order valence-electron chi connectivity index (χ4n) is 2.19. The third-order valence-corrected chi connectivity index (χ3v) is 3.12. The van der Waals surface area contributed by atoms with Gasteiger partial charge in [-0.15, -0.1) is 0 Å². The summed E-state index contributed by atoms with van der Waals surface area (Å²) in [6.07, 6.45) is 1.80. The largest absolute Gasteiger partial charge is 0.329 e. The molecule has 0 fully saturated rings. The molecule has 3 nitrogen and oxygen atoms in total. The van der Waals surface area contributed by atoms with Crippen molar-refractivity contribution in [2.75, 3.05) is 11.9 Å². The molecule has 0 radical (unpaired) electrons. The minimum absolute atomic E-state index is 0.498. The molecule has 0 atom stereocenters. The number of nitrogens with zero attached hydrogens (tertiary/aromatic N) is 2. The van der Waals surface area contributed by atoms with E-state index in [1.807, 2.05) is 19.2 Å². The first-order chi connectivity index (χ1) is 8.63. The summed E-state index contributed by atoms with van der Waals surface area (Å²) in [7, 11) is 2.03. The number of aryl methyl sites for hydroxylation is 2. The van der Waals surface area contributed by atoms with Crippen molar-refractivity contribution in [1.82, 2.24) is 4.98 Å². The number of aromatic nitrogens is 1. The standard InChI is InChI=1S/C15H19N3/c1-11-6-7-14(12(2)9-11)18(3)15-13(10-16)5-4-8-17-15/h4-9H,10,16H2,1-3H3. The molecule has 1 heterocycles. The summed E-state index contributed by atoms with van der Waals surface area (Å²) in [5.41, 5.74) is 10.5. The minimum Gasteiger partial charge on any atom is -0.329 e. The Bertz CT molecular complexity index is 549. The van der Waals surface area contributed by atoms with E-state index in [0.717, 1.165) is 17.1 Å². The molecule has 0 saturated carbocycles. The zero-order valence-electron chi connectivity index (χ0n) is 11.1. The van der Waals surface area contributed by atoms with Gasteiger partial charge in [-0.3, -0.25) is 0 Å². The van der Waals surface area contributed by atoms with E-state index < -0.39 is 0 Å². The van der Waals surface area contributed by atoms with Gasteiger partial charge in [0, 0.05) is 31.0 Å². The van der Waals surface area contributed by atoms with Crippen molar-refractivity contribution in [2.24, 2.45) is 5.73 Å². The Balaban J connectivity index is 2.44. The number of anilines is 2. The summed E-state index contributed by atoms with van der Waals surface area (Å²) in [5.74, 6) is 0.923. The van der Waals surface area contributed by atoms with Gasteiger partial charge in [0.15, 0.2) is 0 Å². The Morgan fingerprint density at radius 3 is 2.67 bits per heavy atom. The van der Waals surface area contributed by atoms with Crippen LogP contribution in [-0.2, 0) is 6.54 Å². The molecular formula is C15H19N3. The molecule has 18 heavy (non-hydrogen) atoms. The van der Waals surface area contributed by atoms with Crippen LogP contribution >= 0.6 is 0 Å². The summed E-state index contributed by atoms with van der Waals surface area (Å²) in [5, 5.41) is 0. The fraction of sp³-hybridized carbons (Fsp3) is 0.267. The van der Waals surface area contributed by atoms with E-state index in [1.54, 1.807) is 6.20 Å². The van der Waals surface area contributed by atoms with Crippen molar-refractivity contribution < 1.29 is 0 Å². The number of hydrogen-bond donors (Lipinski definition) is 1. The second-order valence-electron chi connectivity index (χ2n) is 4.54. The van der Waals surface area contributed by atoms with Gasteiger partial charge >= 0.3 is 0 Å². The Hall–Kier alpha value is -1.87. The van der Waals surface area contributed by atoms with Crippen LogP contribution in [0.1, 0.15) is 16.7 Å². The first-order valence-electron chi connectivity index (χ1n) is 6.08. The molecule has 0 aliphatic carbocycles. The molecule has 0 bridgehead atoms. The van der Waals surface area contributed by atoms with Gasteiger partial charge in [0.05, 0.1) is 0 Å². The predicted molar refractivity (Wildman–Crippen MR) is 76.1 cm³/mol. The molecule has 0 amide bonds. The molecule has 0 saturated heterocycles. The van der Waals surface area contributed by atoms with Crippen LogP contribution in [0.3, 0.4) is 0 Å². The molecule has 1 aromatic heterocycles. The highest BCUT2D eigenvalue weighted by Crippen LogP contribution is 2.27. The number of nitrogens with two attached hydrogens (primary N) is 1. The Morgan fingerprint density at radius 1 is 1.22 bits per heavy atom. The van der Waals surface area contributed by atoms with Gasteiger partial charge in [0.2, 0.25) is 0 Å². The Labute approximate surface area is 108 Å². The van der Waals surface area contributed by atoms with Crippen LogP contribution in [0, 0.1) is 13.8 Å². The highest BCUT2D eigenvalue weighted by Gasteiger charge is 2.11. The highest BCUT2D eigenvalue weighted by atomic mass is 15.2. The first kappa shape index (κ1) is 12.6. The van der Waals surface area contributed by atoms with Gasteiger partial charge < -0.3 is 10.6 Å². The van der Waals surface area contributed by atoms with E-state index in [9.17, 15) is 0 Å². The molecule has 94 valence electrons. The number of pyridine rings is 1. The summed E-state index contributed by atoms with van der Waals surface area (Å²) < 4.78 is 0. The molecular weight excluding hydrogens is 222 g/mol. The van der Waals surface area contributed by atoms with Crippen LogP contribution in [-0.4, -0.2) is 12.0 Å². The lowest BCUT2D eigenvalue weighted by Gasteiger charge is -2.23. The second kappa shape index (κ2) is 5.19. The predicted octanol–water partition coefficient (Wildman–Crippen LogP) is 2.93. The quantitative estimate of drug-likeness (QED) is 0.898. The van der Waals surface area contributed by atoms with Crippen LogP contribution in [0.15, 0.2) is 36.5 Å². The van der Waals surface area contributed by atoms with Crippen molar-refractivity contribution in [1.29, 1.82) is 0 Å². The number of rotatable bonds is 3. The zero-order valence-corrected chi connectivity index (χ0v) is 11.1. The van der Waals surface area contributed by atoms with Crippen molar-refractivity contribution in [3.63, 3.8) is 0 Å². The van der Waals surface area contributed by atoms with Crippen LogP contribution in [0.5, 0.6) is 0 Å². The molecule has 1 aromatic carbocycles. The smallest absolute Gasteiger partial charge is 0.137 e. The number of hydrogen-bond acceptors (Lipinski definition) is 3. The monoisotopic (exact) mass is 241 g/mol. The maximum atomic E-state index is 5.76. The zero-order chi connectivity index (χ0) is 13.1. The Kier molecular flexibility index (Phi) is 3.63.